The number of benzene rings is 2. The van der Waals surface area contributed by atoms with Crippen molar-refractivity contribution in [2.75, 3.05) is 50.2 Å². The molecular formula is C24H25N5O2. The third-order valence-corrected chi connectivity index (χ3v) is 6.06. The highest BCUT2D eigenvalue weighted by atomic mass is 16.5. The van der Waals surface area contributed by atoms with Crippen LogP contribution in [0.3, 0.4) is 0 Å². The van der Waals surface area contributed by atoms with Crippen molar-refractivity contribution >= 4 is 28.1 Å². The Hall–Kier alpha value is -3.53. The van der Waals surface area contributed by atoms with Crippen LogP contribution < -0.4 is 19.3 Å². The zero-order chi connectivity index (χ0) is 21.4. The number of para-hydroxylation sites is 2. The summed E-state index contributed by atoms with van der Waals surface area (Å²) in [4.78, 5) is 18.2. The van der Waals surface area contributed by atoms with Gasteiger partial charge in [0.1, 0.15) is 11.6 Å². The number of hydrogen-bond donors (Lipinski definition) is 0. The molecule has 1 aliphatic heterocycles. The van der Waals surface area contributed by atoms with Gasteiger partial charge in [0.15, 0.2) is 11.5 Å². The van der Waals surface area contributed by atoms with Crippen molar-refractivity contribution in [2.45, 2.75) is 18.8 Å². The van der Waals surface area contributed by atoms with Gasteiger partial charge >= 0.3 is 0 Å². The summed E-state index contributed by atoms with van der Waals surface area (Å²) in [5, 5.41) is 0.983. The Bertz CT molecular complexity index is 1160. The second-order valence-electron chi connectivity index (χ2n) is 7.98. The maximum absolute atomic E-state index is 7.46. The van der Waals surface area contributed by atoms with Crippen molar-refractivity contribution in [3.8, 4) is 11.5 Å². The van der Waals surface area contributed by atoms with E-state index in [1.807, 2.05) is 36.4 Å². The Morgan fingerprint density at radius 3 is 2.29 bits per heavy atom. The normalized spacial score (nSPS) is 16.3. The molecule has 5 rings (SSSR count). The molecule has 0 radical (unpaired) electrons. The van der Waals surface area contributed by atoms with E-state index in [1.165, 1.54) is 0 Å². The Labute approximate surface area is 182 Å². The van der Waals surface area contributed by atoms with E-state index in [0.717, 1.165) is 67.3 Å². The molecule has 31 heavy (non-hydrogen) atoms. The Kier molecular flexibility index (Phi) is 4.99. The first-order valence-electron chi connectivity index (χ1n) is 10.6. The lowest BCUT2D eigenvalue weighted by Gasteiger charge is -2.37. The number of piperazine rings is 1. The van der Waals surface area contributed by atoms with Gasteiger partial charge in [0, 0.05) is 49.2 Å². The quantitative estimate of drug-likeness (QED) is 0.576. The summed E-state index contributed by atoms with van der Waals surface area (Å²) in [6, 6.07) is 11.8. The number of hydrogen-bond acceptors (Lipinski definition) is 6. The minimum absolute atomic E-state index is 0.461. The first-order chi connectivity index (χ1) is 15.2. The standard InChI is InChI=1S/C24H25N5O2/c1-25-18-6-4-5-7-20(18)28-10-12-29(13-11-28)24-17-14-21(30-2)22(31-3)15-19(17)26-23(27-24)16-8-9-16/h4-7,14-16H,8-13H2,2-3H3. The van der Waals surface area contributed by atoms with E-state index in [-0.39, 0.29) is 0 Å². The summed E-state index contributed by atoms with van der Waals surface area (Å²) in [6.45, 7) is 10.8. The Morgan fingerprint density at radius 2 is 1.61 bits per heavy atom. The van der Waals surface area contributed by atoms with Crippen LogP contribution >= 0.6 is 0 Å². The minimum atomic E-state index is 0.461. The van der Waals surface area contributed by atoms with Crippen LogP contribution in [0.15, 0.2) is 36.4 Å². The van der Waals surface area contributed by atoms with E-state index in [4.69, 9.17) is 26.0 Å². The fraction of sp³-hybridized carbons (Fsp3) is 0.375. The van der Waals surface area contributed by atoms with Gasteiger partial charge in [0.2, 0.25) is 5.69 Å². The first kappa shape index (κ1) is 19.4. The van der Waals surface area contributed by atoms with Gasteiger partial charge in [-0.3, -0.25) is 0 Å². The second-order valence-corrected chi connectivity index (χ2v) is 7.98. The molecule has 2 fully saturated rings. The molecular weight excluding hydrogens is 390 g/mol. The summed E-state index contributed by atoms with van der Waals surface area (Å²) in [6.07, 6.45) is 2.30. The summed E-state index contributed by atoms with van der Waals surface area (Å²) < 4.78 is 11.0. The number of nitrogens with zero attached hydrogens (tertiary/aromatic N) is 5. The van der Waals surface area contributed by atoms with Crippen molar-refractivity contribution < 1.29 is 9.47 Å². The number of fused-ring (bicyclic) bond motifs is 1. The molecule has 0 atom stereocenters. The topological polar surface area (TPSA) is 55.1 Å². The van der Waals surface area contributed by atoms with Crippen LogP contribution in [0.5, 0.6) is 11.5 Å². The van der Waals surface area contributed by atoms with Gasteiger partial charge in [-0.1, -0.05) is 18.2 Å². The number of methoxy groups -OCH3 is 2. The predicted molar refractivity (Wildman–Crippen MR) is 122 cm³/mol. The Morgan fingerprint density at radius 1 is 0.935 bits per heavy atom. The molecule has 0 spiro atoms. The molecule has 2 aromatic carbocycles. The van der Waals surface area contributed by atoms with E-state index in [2.05, 4.69) is 14.6 Å². The van der Waals surface area contributed by atoms with Crippen molar-refractivity contribution in [3.63, 3.8) is 0 Å². The van der Waals surface area contributed by atoms with E-state index in [0.29, 0.717) is 23.1 Å². The van der Waals surface area contributed by atoms with Crippen LogP contribution in [0.1, 0.15) is 24.6 Å². The van der Waals surface area contributed by atoms with Crippen molar-refractivity contribution in [1.29, 1.82) is 0 Å². The molecule has 3 aromatic rings. The van der Waals surface area contributed by atoms with E-state index < -0.39 is 0 Å². The summed E-state index contributed by atoms with van der Waals surface area (Å²) >= 11 is 0. The molecule has 0 unspecified atom stereocenters. The van der Waals surface area contributed by atoms with Gasteiger partial charge in [-0.2, -0.15) is 0 Å². The number of ether oxygens (including phenoxy) is 2. The summed E-state index contributed by atoms with van der Waals surface area (Å²) in [7, 11) is 3.30. The fourth-order valence-corrected chi connectivity index (χ4v) is 4.21. The third-order valence-electron chi connectivity index (χ3n) is 6.06. The van der Waals surface area contributed by atoms with Gasteiger partial charge in [-0.15, -0.1) is 0 Å². The lowest BCUT2D eigenvalue weighted by atomic mass is 10.1. The van der Waals surface area contributed by atoms with E-state index in [9.17, 15) is 0 Å². The Balaban J connectivity index is 1.49. The maximum atomic E-state index is 7.46. The molecule has 2 heterocycles. The van der Waals surface area contributed by atoms with Gasteiger partial charge in [-0.05, 0) is 25.0 Å². The monoisotopic (exact) mass is 415 g/mol. The number of aromatic nitrogens is 2. The van der Waals surface area contributed by atoms with Gasteiger partial charge < -0.3 is 19.3 Å². The summed E-state index contributed by atoms with van der Waals surface area (Å²) in [5.41, 5.74) is 2.61. The third kappa shape index (κ3) is 3.59. The van der Waals surface area contributed by atoms with Crippen LogP contribution in [0.25, 0.3) is 15.7 Å². The molecule has 7 nitrogen and oxygen atoms in total. The van der Waals surface area contributed by atoms with Crippen LogP contribution in [-0.4, -0.2) is 50.4 Å². The molecule has 0 bridgehead atoms. The molecule has 1 aliphatic carbocycles. The molecule has 7 heteroatoms. The number of anilines is 2. The highest BCUT2D eigenvalue weighted by Crippen LogP contribution is 2.42. The SMILES string of the molecule is [C-]#[N+]c1ccccc1N1CCN(c2nc(C3CC3)nc3cc(OC)c(OC)cc23)CC1. The zero-order valence-corrected chi connectivity index (χ0v) is 17.8. The van der Waals surface area contributed by atoms with Crippen molar-refractivity contribution in [2.24, 2.45) is 0 Å². The van der Waals surface area contributed by atoms with Gasteiger partial charge in [-0.25, -0.2) is 14.8 Å². The van der Waals surface area contributed by atoms with Crippen LogP contribution in [0.4, 0.5) is 17.2 Å². The molecule has 1 saturated carbocycles. The number of rotatable bonds is 5. The lowest BCUT2D eigenvalue weighted by Crippen LogP contribution is -2.47. The molecule has 0 amide bonds. The van der Waals surface area contributed by atoms with Crippen molar-refractivity contribution in [1.82, 2.24) is 9.97 Å². The van der Waals surface area contributed by atoms with Gasteiger partial charge in [0.05, 0.1) is 26.3 Å². The average molecular weight is 415 g/mol. The zero-order valence-electron chi connectivity index (χ0n) is 17.8. The predicted octanol–water partition coefficient (Wildman–Crippen LogP) is 4.40. The largest absolute Gasteiger partial charge is 0.493 e. The fourth-order valence-electron chi connectivity index (χ4n) is 4.21. The summed E-state index contributed by atoms with van der Waals surface area (Å²) in [5.74, 6) is 3.72. The van der Waals surface area contributed by atoms with E-state index in [1.54, 1.807) is 14.2 Å². The lowest BCUT2D eigenvalue weighted by molar-refractivity contribution is 0.355. The van der Waals surface area contributed by atoms with E-state index >= 15 is 0 Å². The maximum Gasteiger partial charge on any atom is 0.209 e. The second kappa shape index (κ2) is 7.95. The highest BCUT2D eigenvalue weighted by molar-refractivity contribution is 5.92. The first-order valence-corrected chi connectivity index (χ1v) is 10.6. The molecule has 1 saturated heterocycles. The van der Waals surface area contributed by atoms with Crippen LogP contribution in [0.2, 0.25) is 0 Å². The molecule has 1 aromatic heterocycles. The minimum Gasteiger partial charge on any atom is -0.493 e. The smallest absolute Gasteiger partial charge is 0.209 e. The molecule has 0 N–H and O–H groups in total. The van der Waals surface area contributed by atoms with Crippen molar-refractivity contribution in [3.05, 3.63) is 53.6 Å². The highest BCUT2D eigenvalue weighted by Gasteiger charge is 2.30. The van der Waals surface area contributed by atoms with Crippen LogP contribution in [-0.2, 0) is 0 Å². The van der Waals surface area contributed by atoms with Crippen LogP contribution in [0, 0.1) is 6.57 Å². The van der Waals surface area contributed by atoms with Gasteiger partial charge in [0.25, 0.3) is 0 Å². The average Bonchev–Trinajstić information content (AvgIpc) is 3.68. The molecule has 2 aliphatic rings. The molecule has 158 valence electrons.